The van der Waals surface area contributed by atoms with E-state index in [4.69, 9.17) is 4.74 Å². The lowest BCUT2D eigenvalue weighted by Crippen LogP contribution is -2.29. The van der Waals surface area contributed by atoms with E-state index in [1.165, 1.54) is 29.7 Å². The number of nitrogens with zero attached hydrogens (tertiary/aromatic N) is 2. The number of hydrogen-bond acceptors (Lipinski definition) is 7. The Morgan fingerprint density at radius 1 is 1.32 bits per heavy atom. The molecule has 0 unspecified atom stereocenters. The number of aliphatic hydroxyl groups excluding tert-OH is 1. The Bertz CT molecular complexity index is 714. The lowest BCUT2D eigenvalue weighted by molar-refractivity contribution is -0.0195. The fourth-order valence-electron chi connectivity index (χ4n) is 3.75. The molecular formula is C18H26N4O2S. The van der Waals surface area contributed by atoms with Crippen LogP contribution >= 0.6 is 11.3 Å². The average Bonchev–Trinajstić information content (AvgIpc) is 3.04. The molecule has 4 rings (SSSR count). The second kappa shape index (κ2) is 7.95. The Morgan fingerprint density at radius 3 is 3.08 bits per heavy atom. The molecule has 0 amide bonds. The van der Waals surface area contributed by atoms with Crippen molar-refractivity contribution in [2.24, 2.45) is 0 Å². The van der Waals surface area contributed by atoms with Crippen LogP contribution in [0.25, 0.3) is 10.2 Å². The van der Waals surface area contributed by atoms with Gasteiger partial charge in [0.2, 0.25) is 0 Å². The van der Waals surface area contributed by atoms with Gasteiger partial charge in [-0.3, -0.25) is 0 Å². The monoisotopic (exact) mass is 362 g/mol. The molecule has 0 bridgehead atoms. The summed E-state index contributed by atoms with van der Waals surface area (Å²) in [6.45, 7) is 2.73. The van der Waals surface area contributed by atoms with Crippen LogP contribution in [0.15, 0.2) is 6.33 Å². The Balaban J connectivity index is 1.38. The van der Waals surface area contributed by atoms with Crippen molar-refractivity contribution in [1.29, 1.82) is 0 Å². The lowest BCUT2D eigenvalue weighted by Gasteiger charge is -2.23. The minimum atomic E-state index is -0.525. The van der Waals surface area contributed by atoms with Crippen LogP contribution in [-0.4, -0.2) is 47.0 Å². The molecule has 1 atom stereocenters. The van der Waals surface area contributed by atoms with Crippen LogP contribution in [0, 0.1) is 0 Å². The van der Waals surface area contributed by atoms with Crippen molar-refractivity contribution in [3.63, 3.8) is 0 Å². The Hall–Kier alpha value is -1.28. The number of thiophene rings is 1. The van der Waals surface area contributed by atoms with Crippen LogP contribution in [-0.2, 0) is 17.7 Å². The third-order valence-corrected chi connectivity index (χ3v) is 6.23. The number of rotatable bonds is 6. The van der Waals surface area contributed by atoms with Crippen molar-refractivity contribution < 1.29 is 9.84 Å². The Labute approximate surface area is 152 Å². The number of ether oxygens (including phenoxy) is 1. The van der Waals surface area contributed by atoms with Crippen molar-refractivity contribution >= 4 is 27.4 Å². The van der Waals surface area contributed by atoms with Gasteiger partial charge < -0.3 is 20.5 Å². The molecule has 7 heteroatoms. The molecule has 6 nitrogen and oxygen atoms in total. The van der Waals surface area contributed by atoms with Gasteiger partial charge in [0.15, 0.2) is 0 Å². The van der Waals surface area contributed by atoms with Gasteiger partial charge in [-0.05, 0) is 31.4 Å². The van der Waals surface area contributed by atoms with E-state index in [2.05, 4.69) is 20.6 Å². The highest BCUT2D eigenvalue weighted by atomic mass is 32.1. The number of anilines is 1. The summed E-state index contributed by atoms with van der Waals surface area (Å²) < 4.78 is 5.87. The predicted molar refractivity (Wildman–Crippen MR) is 100 cm³/mol. The van der Waals surface area contributed by atoms with Crippen molar-refractivity contribution in [2.45, 2.75) is 57.3 Å². The van der Waals surface area contributed by atoms with Gasteiger partial charge in [0.1, 0.15) is 17.0 Å². The summed E-state index contributed by atoms with van der Waals surface area (Å²) in [4.78, 5) is 11.2. The molecule has 3 N–H and O–H groups in total. The summed E-state index contributed by atoms with van der Waals surface area (Å²) in [6, 6.07) is 0. The van der Waals surface area contributed by atoms with Gasteiger partial charge in [0, 0.05) is 18.0 Å². The fraction of sp³-hybridized carbons (Fsp3) is 0.667. The van der Waals surface area contributed by atoms with E-state index in [9.17, 15) is 5.11 Å². The minimum absolute atomic E-state index is 0.325. The summed E-state index contributed by atoms with van der Waals surface area (Å²) in [6.07, 6.45) is 8.47. The maximum atomic E-state index is 10.3. The molecule has 2 aromatic heterocycles. The van der Waals surface area contributed by atoms with Gasteiger partial charge in [-0.1, -0.05) is 19.3 Å². The fourth-order valence-corrected chi connectivity index (χ4v) is 4.90. The second-order valence-corrected chi connectivity index (χ2v) is 8.04. The first-order valence-corrected chi connectivity index (χ1v) is 10.1. The third kappa shape index (κ3) is 3.95. The quantitative estimate of drug-likeness (QED) is 0.733. The van der Waals surface area contributed by atoms with E-state index < -0.39 is 6.10 Å². The van der Waals surface area contributed by atoms with Gasteiger partial charge in [0.25, 0.3) is 0 Å². The first kappa shape index (κ1) is 17.1. The zero-order valence-electron chi connectivity index (χ0n) is 14.5. The van der Waals surface area contributed by atoms with Crippen LogP contribution in [0.4, 0.5) is 5.82 Å². The van der Waals surface area contributed by atoms with Crippen molar-refractivity contribution in [1.82, 2.24) is 15.3 Å². The van der Waals surface area contributed by atoms with E-state index in [0.717, 1.165) is 48.4 Å². The SMILES string of the molecule is O[C@H](CNc1ncnc2sc3c(c12)CCNC3)COC1CCCCC1. The first-order valence-electron chi connectivity index (χ1n) is 9.31. The molecule has 1 aliphatic carbocycles. The number of hydrogen-bond donors (Lipinski definition) is 3. The highest BCUT2D eigenvalue weighted by molar-refractivity contribution is 7.18. The van der Waals surface area contributed by atoms with Gasteiger partial charge in [0.05, 0.1) is 24.2 Å². The standard InChI is InChI=1S/C18H26N4O2S/c23-12(10-24-13-4-2-1-3-5-13)8-20-17-16-14-6-7-19-9-15(14)25-18(16)22-11-21-17/h11-13,19,23H,1-10H2,(H,20,21,22)/t12-/m1/s1. The summed E-state index contributed by atoms with van der Waals surface area (Å²) in [5.41, 5.74) is 1.36. The molecular weight excluding hydrogens is 336 g/mol. The second-order valence-electron chi connectivity index (χ2n) is 6.96. The molecule has 136 valence electrons. The highest BCUT2D eigenvalue weighted by Gasteiger charge is 2.20. The molecule has 0 saturated heterocycles. The van der Waals surface area contributed by atoms with E-state index >= 15 is 0 Å². The number of aliphatic hydroxyl groups is 1. The summed E-state index contributed by atoms with van der Waals surface area (Å²) >= 11 is 1.74. The van der Waals surface area contributed by atoms with E-state index in [-0.39, 0.29) is 0 Å². The van der Waals surface area contributed by atoms with Gasteiger partial charge in [-0.2, -0.15) is 0 Å². The molecule has 1 fully saturated rings. The number of nitrogens with one attached hydrogen (secondary N) is 2. The average molecular weight is 362 g/mol. The number of fused-ring (bicyclic) bond motifs is 3. The van der Waals surface area contributed by atoms with Crippen molar-refractivity contribution in [3.05, 3.63) is 16.8 Å². The molecule has 2 aromatic rings. The topological polar surface area (TPSA) is 79.3 Å². The first-order chi connectivity index (χ1) is 12.3. The maximum absolute atomic E-state index is 10.3. The van der Waals surface area contributed by atoms with E-state index in [1.54, 1.807) is 17.7 Å². The van der Waals surface area contributed by atoms with Crippen LogP contribution in [0.2, 0.25) is 0 Å². The lowest BCUT2D eigenvalue weighted by atomic mass is 9.98. The molecule has 1 saturated carbocycles. The van der Waals surface area contributed by atoms with E-state index in [1.807, 2.05) is 0 Å². The summed E-state index contributed by atoms with van der Waals surface area (Å²) in [5, 5.41) is 18.1. The Kier molecular flexibility index (Phi) is 5.45. The normalized spacial score (nSPS) is 19.7. The number of aromatic nitrogens is 2. The minimum Gasteiger partial charge on any atom is -0.389 e. The summed E-state index contributed by atoms with van der Waals surface area (Å²) in [7, 11) is 0. The predicted octanol–water partition coefficient (Wildman–Crippen LogP) is 2.46. The Morgan fingerprint density at radius 2 is 2.20 bits per heavy atom. The van der Waals surface area contributed by atoms with Crippen LogP contribution in [0.1, 0.15) is 42.5 Å². The van der Waals surface area contributed by atoms with E-state index in [0.29, 0.717) is 19.3 Å². The molecule has 1 aliphatic heterocycles. The van der Waals surface area contributed by atoms with Crippen molar-refractivity contribution in [3.8, 4) is 0 Å². The van der Waals surface area contributed by atoms with Gasteiger partial charge in [-0.15, -0.1) is 11.3 Å². The maximum Gasteiger partial charge on any atom is 0.138 e. The zero-order valence-corrected chi connectivity index (χ0v) is 15.3. The summed E-state index contributed by atoms with van der Waals surface area (Å²) in [5.74, 6) is 0.834. The zero-order chi connectivity index (χ0) is 17.1. The van der Waals surface area contributed by atoms with Crippen LogP contribution in [0.3, 0.4) is 0 Å². The molecule has 3 heterocycles. The molecule has 2 aliphatic rings. The molecule has 0 aromatic carbocycles. The molecule has 0 radical (unpaired) electrons. The smallest absolute Gasteiger partial charge is 0.138 e. The molecule has 25 heavy (non-hydrogen) atoms. The van der Waals surface area contributed by atoms with Gasteiger partial charge in [-0.25, -0.2) is 9.97 Å². The molecule has 0 spiro atoms. The van der Waals surface area contributed by atoms with Crippen molar-refractivity contribution in [2.75, 3.05) is 25.0 Å². The third-order valence-electron chi connectivity index (χ3n) is 5.09. The van der Waals surface area contributed by atoms with Gasteiger partial charge >= 0.3 is 0 Å². The largest absolute Gasteiger partial charge is 0.389 e. The van der Waals surface area contributed by atoms with Crippen LogP contribution in [0.5, 0.6) is 0 Å². The van der Waals surface area contributed by atoms with Crippen LogP contribution < -0.4 is 10.6 Å². The highest BCUT2D eigenvalue weighted by Crippen LogP contribution is 2.35.